The van der Waals surface area contributed by atoms with Crippen LogP contribution in [0.15, 0.2) is 106 Å². The number of benzene rings is 3. The summed E-state index contributed by atoms with van der Waals surface area (Å²) < 4.78 is 30.1. The highest BCUT2D eigenvalue weighted by molar-refractivity contribution is 7.87. The fraction of sp³-hybridized carbons (Fsp3) is 0.0833. The van der Waals surface area contributed by atoms with Crippen molar-refractivity contribution in [2.75, 3.05) is 0 Å². The number of hydrogen-bond acceptors (Lipinski definition) is 5. The first-order chi connectivity index (χ1) is 14.5. The highest BCUT2D eigenvalue weighted by atomic mass is 32.2. The van der Waals surface area contributed by atoms with Crippen molar-refractivity contribution in [2.24, 2.45) is 10.2 Å². The Labute approximate surface area is 176 Å². The smallest absolute Gasteiger partial charge is 0.339 e. The lowest BCUT2D eigenvalue weighted by Crippen LogP contribution is -2.09. The van der Waals surface area contributed by atoms with Gasteiger partial charge in [0, 0.05) is 0 Å². The van der Waals surface area contributed by atoms with Gasteiger partial charge in [0.15, 0.2) is 0 Å². The number of hydrogen-bond donors (Lipinski definition) is 0. The molecular formula is C24H20N2O3S. The summed E-state index contributed by atoms with van der Waals surface area (Å²) in [5.74, 6) is 0.220. The molecule has 3 aromatic rings. The first-order valence-corrected chi connectivity index (χ1v) is 10.9. The summed E-state index contributed by atoms with van der Waals surface area (Å²) in [4.78, 5) is 0.124. The van der Waals surface area contributed by atoms with Gasteiger partial charge in [-0.1, -0.05) is 42.5 Å². The summed E-state index contributed by atoms with van der Waals surface area (Å²) in [6.45, 7) is 1.83. The molecule has 0 bridgehead atoms. The van der Waals surface area contributed by atoms with E-state index in [0.29, 0.717) is 5.69 Å². The second kappa shape index (κ2) is 8.47. The van der Waals surface area contributed by atoms with Crippen molar-refractivity contribution in [1.82, 2.24) is 0 Å². The van der Waals surface area contributed by atoms with Crippen molar-refractivity contribution in [3.8, 4) is 5.75 Å². The molecule has 0 saturated carbocycles. The normalized spacial score (nSPS) is 13.6. The van der Waals surface area contributed by atoms with Crippen LogP contribution in [0.2, 0.25) is 0 Å². The molecule has 6 heteroatoms. The average Bonchev–Trinajstić information content (AvgIpc) is 3.28. The Bertz CT molecular complexity index is 1260. The molecule has 0 saturated heterocycles. The number of aryl methyl sites for hydroxylation is 1. The van der Waals surface area contributed by atoms with Gasteiger partial charge in [-0.15, -0.1) is 0 Å². The van der Waals surface area contributed by atoms with E-state index < -0.39 is 10.1 Å². The Kier molecular flexibility index (Phi) is 5.59. The quantitative estimate of drug-likeness (QED) is 0.339. The van der Waals surface area contributed by atoms with Crippen LogP contribution in [0.4, 0.5) is 11.4 Å². The van der Waals surface area contributed by atoms with Crippen molar-refractivity contribution in [2.45, 2.75) is 18.2 Å². The second-order valence-corrected chi connectivity index (χ2v) is 8.47. The zero-order chi connectivity index (χ0) is 21.0. The summed E-state index contributed by atoms with van der Waals surface area (Å²) in [7, 11) is -3.88. The third kappa shape index (κ3) is 4.72. The summed E-state index contributed by atoms with van der Waals surface area (Å²) in [5, 5.41) is 8.52. The van der Waals surface area contributed by atoms with Crippen LogP contribution in [-0.4, -0.2) is 8.42 Å². The Morgan fingerprint density at radius 1 is 0.867 bits per heavy atom. The monoisotopic (exact) mass is 416 g/mol. The SMILES string of the molecule is Cc1cccc(S(=O)(=O)Oc2ccc(N=Nc3cccc(C4=CC=CC4)c3)cc2)c1. The van der Waals surface area contributed by atoms with E-state index >= 15 is 0 Å². The molecule has 4 rings (SSSR count). The van der Waals surface area contributed by atoms with Gasteiger partial charge in [-0.2, -0.15) is 18.6 Å². The van der Waals surface area contributed by atoms with E-state index in [4.69, 9.17) is 4.18 Å². The summed E-state index contributed by atoms with van der Waals surface area (Å²) in [6.07, 6.45) is 7.19. The third-order valence-corrected chi connectivity index (χ3v) is 5.83. The predicted octanol–water partition coefficient (Wildman–Crippen LogP) is 6.52. The molecule has 0 heterocycles. The molecule has 150 valence electrons. The molecule has 0 spiro atoms. The summed E-state index contributed by atoms with van der Waals surface area (Å²) in [6, 6.07) is 20.9. The molecule has 0 radical (unpaired) electrons. The van der Waals surface area contributed by atoms with Crippen molar-refractivity contribution in [1.29, 1.82) is 0 Å². The second-order valence-electron chi connectivity index (χ2n) is 6.92. The minimum absolute atomic E-state index is 0.124. The van der Waals surface area contributed by atoms with Gasteiger partial charge >= 0.3 is 10.1 Å². The molecule has 5 nitrogen and oxygen atoms in total. The Balaban J connectivity index is 1.46. The molecule has 0 N–H and O–H groups in total. The van der Waals surface area contributed by atoms with E-state index in [0.717, 1.165) is 23.2 Å². The number of azo groups is 1. The van der Waals surface area contributed by atoms with Crippen LogP contribution in [0.5, 0.6) is 5.75 Å². The minimum atomic E-state index is -3.88. The Morgan fingerprint density at radius 2 is 1.63 bits per heavy atom. The zero-order valence-corrected chi connectivity index (χ0v) is 17.2. The van der Waals surface area contributed by atoms with E-state index in [1.165, 1.54) is 11.6 Å². The van der Waals surface area contributed by atoms with Crippen molar-refractivity contribution in [3.05, 3.63) is 102 Å². The Hall–Kier alpha value is -3.51. The van der Waals surface area contributed by atoms with Crippen LogP contribution in [0.3, 0.4) is 0 Å². The van der Waals surface area contributed by atoms with E-state index in [9.17, 15) is 8.42 Å². The van der Waals surface area contributed by atoms with Crippen LogP contribution in [0, 0.1) is 6.92 Å². The van der Waals surface area contributed by atoms with Gasteiger partial charge in [0.25, 0.3) is 0 Å². The summed E-state index contributed by atoms with van der Waals surface area (Å²) in [5.41, 5.74) is 4.58. The molecule has 3 aromatic carbocycles. The van der Waals surface area contributed by atoms with E-state index in [-0.39, 0.29) is 10.6 Å². The van der Waals surface area contributed by atoms with E-state index in [2.05, 4.69) is 28.4 Å². The molecule has 0 fully saturated rings. The largest absolute Gasteiger partial charge is 0.379 e. The van der Waals surface area contributed by atoms with Crippen molar-refractivity contribution < 1.29 is 12.6 Å². The highest BCUT2D eigenvalue weighted by Crippen LogP contribution is 2.28. The molecule has 0 aliphatic heterocycles. The lowest BCUT2D eigenvalue weighted by molar-refractivity contribution is 0.486. The first kappa shape index (κ1) is 19.8. The molecule has 0 atom stereocenters. The number of nitrogens with zero attached hydrogens (tertiary/aromatic N) is 2. The van der Waals surface area contributed by atoms with Gasteiger partial charge in [-0.05, 0) is 78.6 Å². The molecule has 0 unspecified atom stereocenters. The van der Waals surface area contributed by atoms with Gasteiger partial charge in [0.2, 0.25) is 0 Å². The maximum atomic E-state index is 12.4. The molecule has 0 amide bonds. The third-order valence-electron chi connectivity index (χ3n) is 4.59. The fourth-order valence-corrected chi connectivity index (χ4v) is 4.09. The van der Waals surface area contributed by atoms with Crippen LogP contribution in [0.25, 0.3) is 5.57 Å². The lowest BCUT2D eigenvalue weighted by Gasteiger charge is -2.07. The molecule has 1 aliphatic rings. The van der Waals surface area contributed by atoms with Gasteiger partial charge in [0.1, 0.15) is 10.6 Å². The Morgan fingerprint density at radius 3 is 2.37 bits per heavy atom. The van der Waals surface area contributed by atoms with Crippen LogP contribution in [0.1, 0.15) is 17.5 Å². The first-order valence-electron chi connectivity index (χ1n) is 9.49. The zero-order valence-electron chi connectivity index (χ0n) is 16.4. The van der Waals surface area contributed by atoms with Gasteiger partial charge in [-0.25, -0.2) is 0 Å². The molecule has 30 heavy (non-hydrogen) atoms. The van der Waals surface area contributed by atoms with Gasteiger partial charge < -0.3 is 4.18 Å². The van der Waals surface area contributed by atoms with Gasteiger partial charge in [-0.3, -0.25) is 0 Å². The standard InChI is InChI=1S/C24H20N2O3S/c1-18-6-4-11-24(16-18)30(27,28)29-23-14-12-21(13-15-23)25-26-22-10-5-9-20(17-22)19-7-2-3-8-19/h2-7,9-17H,8H2,1H3. The topological polar surface area (TPSA) is 68.1 Å². The van der Waals surface area contributed by atoms with Gasteiger partial charge in [0.05, 0.1) is 11.4 Å². The van der Waals surface area contributed by atoms with Crippen LogP contribution >= 0.6 is 0 Å². The minimum Gasteiger partial charge on any atom is -0.379 e. The van der Waals surface area contributed by atoms with Crippen LogP contribution in [-0.2, 0) is 10.1 Å². The molecule has 1 aliphatic carbocycles. The predicted molar refractivity (Wildman–Crippen MR) is 118 cm³/mol. The number of allylic oxidation sites excluding steroid dienone is 4. The average molecular weight is 417 g/mol. The van der Waals surface area contributed by atoms with Crippen LogP contribution < -0.4 is 4.18 Å². The van der Waals surface area contributed by atoms with Crippen molar-refractivity contribution >= 4 is 27.1 Å². The number of rotatable bonds is 6. The molecular weight excluding hydrogens is 396 g/mol. The molecule has 0 aromatic heterocycles. The van der Waals surface area contributed by atoms with E-state index in [1.807, 2.05) is 37.3 Å². The van der Waals surface area contributed by atoms with Crippen molar-refractivity contribution in [3.63, 3.8) is 0 Å². The maximum Gasteiger partial charge on any atom is 0.339 e. The highest BCUT2D eigenvalue weighted by Gasteiger charge is 2.16. The fourth-order valence-electron chi connectivity index (χ4n) is 3.06. The van der Waals surface area contributed by atoms with E-state index in [1.54, 1.807) is 36.4 Å². The maximum absolute atomic E-state index is 12.4. The lowest BCUT2D eigenvalue weighted by atomic mass is 10.1. The summed E-state index contributed by atoms with van der Waals surface area (Å²) >= 11 is 0.